The van der Waals surface area contributed by atoms with Crippen molar-refractivity contribution in [2.24, 2.45) is 7.05 Å². The first-order valence-electron chi connectivity index (χ1n) is 7.75. The number of benzene rings is 1. The van der Waals surface area contributed by atoms with E-state index in [1.807, 2.05) is 6.07 Å². The molecule has 3 rings (SSSR count). The molecule has 0 bridgehead atoms. The van der Waals surface area contributed by atoms with Gasteiger partial charge in [-0.1, -0.05) is 35.2 Å². The molecule has 132 valence electrons. The molecule has 0 unspecified atom stereocenters. The standard InChI is InChI=1S/C19H15Cl2N3O2/c1-3-6-12-9-14(20)16(15(21)10-12)17-18(25)23(2)24(19(17)26)11-13-7-4-5-8-22-13/h4-5,7-10,25H,11H2,1-2H3. The molecule has 7 heteroatoms. The minimum atomic E-state index is -0.409. The van der Waals surface area contributed by atoms with E-state index < -0.39 is 5.56 Å². The summed E-state index contributed by atoms with van der Waals surface area (Å²) in [5.41, 5.74) is 1.25. The van der Waals surface area contributed by atoms with E-state index in [1.54, 1.807) is 44.4 Å². The first-order chi connectivity index (χ1) is 12.4. The summed E-state index contributed by atoms with van der Waals surface area (Å²) in [6, 6.07) is 8.66. The molecular formula is C19H15Cl2N3O2. The van der Waals surface area contributed by atoms with Crippen molar-refractivity contribution in [1.29, 1.82) is 0 Å². The van der Waals surface area contributed by atoms with E-state index in [-0.39, 0.29) is 33.6 Å². The number of pyridine rings is 1. The number of rotatable bonds is 3. The first kappa shape index (κ1) is 18.1. The van der Waals surface area contributed by atoms with Gasteiger partial charge in [-0.25, -0.2) is 4.68 Å². The predicted octanol–water partition coefficient (Wildman–Crippen LogP) is 3.68. The van der Waals surface area contributed by atoms with Crippen LogP contribution in [0.5, 0.6) is 5.88 Å². The fourth-order valence-electron chi connectivity index (χ4n) is 2.71. The maximum Gasteiger partial charge on any atom is 0.279 e. The van der Waals surface area contributed by atoms with Crippen molar-refractivity contribution in [3.05, 3.63) is 68.2 Å². The first-order valence-corrected chi connectivity index (χ1v) is 8.50. The van der Waals surface area contributed by atoms with E-state index in [9.17, 15) is 9.90 Å². The molecule has 0 spiro atoms. The van der Waals surface area contributed by atoms with Gasteiger partial charge in [0.15, 0.2) is 0 Å². The third-order valence-electron chi connectivity index (χ3n) is 3.94. The second kappa shape index (κ2) is 7.28. The number of hydrogen-bond acceptors (Lipinski definition) is 3. The van der Waals surface area contributed by atoms with Gasteiger partial charge in [0, 0.05) is 24.4 Å². The van der Waals surface area contributed by atoms with Gasteiger partial charge in [-0.3, -0.25) is 14.5 Å². The van der Waals surface area contributed by atoms with E-state index in [0.717, 1.165) is 0 Å². The van der Waals surface area contributed by atoms with Gasteiger partial charge in [0.1, 0.15) is 5.56 Å². The van der Waals surface area contributed by atoms with Crippen LogP contribution >= 0.6 is 23.2 Å². The number of hydrogen-bond donors (Lipinski definition) is 1. The molecule has 0 atom stereocenters. The molecule has 0 radical (unpaired) electrons. The second-order valence-electron chi connectivity index (χ2n) is 5.60. The summed E-state index contributed by atoms with van der Waals surface area (Å²) in [4.78, 5) is 17.2. The van der Waals surface area contributed by atoms with Gasteiger partial charge in [-0.15, -0.1) is 5.92 Å². The van der Waals surface area contributed by atoms with Crippen molar-refractivity contribution in [3.8, 4) is 28.8 Å². The molecule has 3 aromatic rings. The smallest absolute Gasteiger partial charge is 0.279 e. The number of halogens is 2. The van der Waals surface area contributed by atoms with Crippen LogP contribution < -0.4 is 5.56 Å². The van der Waals surface area contributed by atoms with Crippen LogP contribution in [-0.4, -0.2) is 19.5 Å². The normalized spacial score (nSPS) is 10.5. The van der Waals surface area contributed by atoms with Gasteiger partial charge < -0.3 is 5.11 Å². The summed E-state index contributed by atoms with van der Waals surface area (Å²) < 4.78 is 2.73. The zero-order valence-corrected chi connectivity index (χ0v) is 15.6. The van der Waals surface area contributed by atoms with Gasteiger partial charge >= 0.3 is 0 Å². The van der Waals surface area contributed by atoms with Crippen molar-refractivity contribution < 1.29 is 5.11 Å². The van der Waals surface area contributed by atoms with Crippen LogP contribution in [0.3, 0.4) is 0 Å². The second-order valence-corrected chi connectivity index (χ2v) is 6.41. The summed E-state index contributed by atoms with van der Waals surface area (Å²) in [6.45, 7) is 1.91. The molecule has 26 heavy (non-hydrogen) atoms. The molecule has 2 heterocycles. The fraction of sp³-hybridized carbons (Fsp3) is 0.158. The van der Waals surface area contributed by atoms with Gasteiger partial charge in [-0.2, -0.15) is 0 Å². The largest absolute Gasteiger partial charge is 0.493 e. The lowest BCUT2D eigenvalue weighted by molar-refractivity contribution is 0.389. The van der Waals surface area contributed by atoms with Crippen LogP contribution in [0, 0.1) is 11.8 Å². The van der Waals surface area contributed by atoms with Crippen molar-refractivity contribution in [3.63, 3.8) is 0 Å². The zero-order valence-electron chi connectivity index (χ0n) is 14.1. The molecule has 0 aliphatic heterocycles. The SMILES string of the molecule is CC#Cc1cc(Cl)c(-c2c(O)n(C)n(Cc3ccccn3)c2=O)c(Cl)c1. The molecule has 1 aromatic carbocycles. The van der Waals surface area contributed by atoms with Crippen LogP contribution in [0.1, 0.15) is 18.2 Å². The fourth-order valence-corrected chi connectivity index (χ4v) is 3.38. The molecule has 0 fully saturated rings. The summed E-state index contributed by atoms with van der Waals surface area (Å²) in [5, 5.41) is 11.0. The highest BCUT2D eigenvalue weighted by molar-refractivity contribution is 6.39. The maximum atomic E-state index is 12.9. The number of aromatic nitrogens is 3. The van der Waals surface area contributed by atoms with E-state index >= 15 is 0 Å². The average Bonchev–Trinajstić information content (AvgIpc) is 2.80. The van der Waals surface area contributed by atoms with E-state index in [2.05, 4.69) is 16.8 Å². The Kier molecular flexibility index (Phi) is 5.08. The Labute approximate surface area is 160 Å². The number of nitrogens with zero attached hydrogens (tertiary/aromatic N) is 3. The number of aromatic hydroxyl groups is 1. The average molecular weight is 388 g/mol. The Morgan fingerprint density at radius 3 is 2.46 bits per heavy atom. The van der Waals surface area contributed by atoms with Gasteiger partial charge in [0.05, 0.1) is 22.3 Å². The highest BCUT2D eigenvalue weighted by Gasteiger charge is 2.24. The van der Waals surface area contributed by atoms with E-state index in [4.69, 9.17) is 23.2 Å². The molecule has 0 aliphatic carbocycles. The molecule has 0 aliphatic rings. The third kappa shape index (κ3) is 3.22. The highest BCUT2D eigenvalue weighted by atomic mass is 35.5. The molecule has 2 aromatic heterocycles. The molecule has 5 nitrogen and oxygen atoms in total. The van der Waals surface area contributed by atoms with E-state index in [1.165, 1.54) is 9.36 Å². The minimum Gasteiger partial charge on any atom is -0.493 e. The molecule has 1 N–H and O–H groups in total. The summed E-state index contributed by atoms with van der Waals surface area (Å²) in [6.07, 6.45) is 1.64. The Balaban J connectivity index is 2.17. The van der Waals surface area contributed by atoms with Crippen LogP contribution in [0.4, 0.5) is 0 Å². The lowest BCUT2D eigenvalue weighted by Crippen LogP contribution is -2.23. The molecule has 0 saturated heterocycles. The summed E-state index contributed by atoms with van der Waals surface area (Å²) in [7, 11) is 1.59. The molecule has 0 amide bonds. The highest BCUT2D eigenvalue weighted by Crippen LogP contribution is 2.38. The molecule has 0 saturated carbocycles. The maximum absolute atomic E-state index is 12.9. The van der Waals surface area contributed by atoms with E-state index in [0.29, 0.717) is 11.3 Å². The summed E-state index contributed by atoms with van der Waals surface area (Å²) in [5.74, 6) is 5.42. The monoisotopic (exact) mass is 387 g/mol. The lowest BCUT2D eigenvalue weighted by Gasteiger charge is -2.06. The topological polar surface area (TPSA) is 60.1 Å². The van der Waals surface area contributed by atoms with Gasteiger partial charge in [0.25, 0.3) is 5.56 Å². The summed E-state index contributed by atoms with van der Waals surface area (Å²) >= 11 is 12.7. The van der Waals surface area contributed by atoms with Crippen molar-refractivity contribution in [2.45, 2.75) is 13.5 Å². The van der Waals surface area contributed by atoms with Gasteiger partial charge in [0.2, 0.25) is 5.88 Å². The quantitative estimate of drug-likeness (QED) is 0.697. The van der Waals surface area contributed by atoms with Crippen molar-refractivity contribution in [2.75, 3.05) is 0 Å². The van der Waals surface area contributed by atoms with Crippen LogP contribution in [0.15, 0.2) is 41.3 Å². The Bertz CT molecular complexity index is 1070. The molecular weight excluding hydrogens is 373 g/mol. The Morgan fingerprint density at radius 1 is 1.19 bits per heavy atom. The van der Waals surface area contributed by atoms with Crippen LogP contribution in [0.2, 0.25) is 10.0 Å². The predicted molar refractivity (Wildman–Crippen MR) is 103 cm³/mol. The van der Waals surface area contributed by atoms with Crippen molar-refractivity contribution >= 4 is 23.2 Å². The van der Waals surface area contributed by atoms with Crippen LogP contribution in [0.25, 0.3) is 11.1 Å². The Hall–Kier alpha value is -2.68. The van der Waals surface area contributed by atoms with Gasteiger partial charge in [-0.05, 0) is 31.2 Å². The lowest BCUT2D eigenvalue weighted by atomic mass is 10.1. The third-order valence-corrected chi connectivity index (χ3v) is 4.54. The van der Waals surface area contributed by atoms with Crippen molar-refractivity contribution in [1.82, 2.24) is 14.3 Å². The Morgan fingerprint density at radius 2 is 1.88 bits per heavy atom. The minimum absolute atomic E-state index is 0.0504. The van der Waals surface area contributed by atoms with Crippen LogP contribution in [-0.2, 0) is 13.6 Å². The zero-order chi connectivity index (χ0) is 18.8.